The normalized spacial score (nSPS) is 12.0. The molecule has 0 aliphatic heterocycles. The molecule has 4 N–H and O–H groups in total. The van der Waals surface area contributed by atoms with E-state index in [9.17, 15) is 10.0 Å². The second-order valence-corrected chi connectivity index (χ2v) is 8.45. The van der Waals surface area contributed by atoms with Crippen LogP contribution >= 0.6 is 0 Å². The summed E-state index contributed by atoms with van der Waals surface area (Å²) in [4.78, 5) is 0. The first-order valence-electron chi connectivity index (χ1n) is 9.90. The first kappa shape index (κ1) is 22.1. The van der Waals surface area contributed by atoms with Crippen LogP contribution in [0.3, 0.4) is 0 Å². The Hall–Kier alpha value is -2.64. The van der Waals surface area contributed by atoms with Gasteiger partial charge in [-0.2, -0.15) is 0 Å². The smallest absolute Gasteiger partial charge is 0.423 e. The molecule has 0 radical (unpaired) electrons. The Morgan fingerprint density at radius 3 is 1.40 bits per heavy atom. The van der Waals surface area contributed by atoms with E-state index in [1.165, 1.54) is 10.8 Å². The molecule has 0 saturated carbocycles. The summed E-state index contributed by atoms with van der Waals surface area (Å²) < 4.78 is 2.19. The number of aliphatic hydroxyl groups is 2. The highest BCUT2D eigenvalue weighted by Gasteiger charge is 2.31. The third-order valence-electron chi connectivity index (χ3n) is 5.53. The van der Waals surface area contributed by atoms with Gasteiger partial charge in [-0.3, -0.25) is 0 Å². The van der Waals surface area contributed by atoms with Crippen LogP contribution in [-0.4, -0.2) is 43.1 Å². The largest absolute Gasteiger partial charge is 0.488 e. The van der Waals surface area contributed by atoms with Crippen LogP contribution in [-0.2, 0) is 0 Å². The van der Waals surface area contributed by atoms with Gasteiger partial charge in [-0.15, -0.1) is 0 Å². The van der Waals surface area contributed by atoms with Crippen LogP contribution in [0.1, 0.15) is 27.7 Å². The minimum Gasteiger partial charge on any atom is -0.423 e. The van der Waals surface area contributed by atoms with E-state index in [1.807, 2.05) is 36.4 Å². The van der Waals surface area contributed by atoms with Crippen molar-refractivity contribution in [2.75, 3.05) is 0 Å². The Bertz CT molecular complexity index is 1070. The van der Waals surface area contributed by atoms with Gasteiger partial charge >= 0.3 is 7.12 Å². The molecule has 0 fully saturated rings. The van der Waals surface area contributed by atoms with Gasteiger partial charge in [0.2, 0.25) is 0 Å². The minimum atomic E-state index is -1.44. The maximum atomic E-state index is 9.24. The summed E-state index contributed by atoms with van der Waals surface area (Å²) in [6.07, 6.45) is 0. The molecule has 0 unspecified atom stereocenters. The van der Waals surface area contributed by atoms with E-state index in [1.54, 1.807) is 39.8 Å². The molecule has 5 nitrogen and oxygen atoms in total. The van der Waals surface area contributed by atoms with E-state index < -0.39 is 18.3 Å². The highest BCUT2D eigenvalue weighted by Crippen LogP contribution is 2.31. The summed E-state index contributed by atoms with van der Waals surface area (Å²) in [5, 5.41) is 39.1. The Morgan fingerprint density at radius 2 is 1.03 bits per heavy atom. The lowest BCUT2D eigenvalue weighted by atomic mass is 9.80. The monoisotopic (exact) mass is 405 g/mol. The zero-order valence-corrected chi connectivity index (χ0v) is 17.7. The maximum Gasteiger partial charge on any atom is 0.488 e. The number of para-hydroxylation sites is 2. The van der Waals surface area contributed by atoms with Gasteiger partial charge in [-0.05, 0) is 57.4 Å². The second-order valence-electron chi connectivity index (χ2n) is 8.45. The molecule has 1 heterocycles. The molecular weight excluding hydrogens is 377 g/mol. The summed E-state index contributed by atoms with van der Waals surface area (Å²) in [7, 11) is -1.44. The van der Waals surface area contributed by atoms with Crippen molar-refractivity contribution in [2.45, 2.75) is 38.9 Å². The molecule has 1 aromatic heterocycles. The van der Waals surface area contributed by atoms with Gasteiger partial charge in [0.25, 0.3) is 0 Å². The lowest BCUT2D eigenvalue weighted by Crippen LogP contribution is -2.44. The van der Waals surface area contributed by atoms with Crippen LogP contribution < -0.4 is 5.46 Å². The van der Waals surface area contributed by atoms with Crippen molar-refractivity contribution in [1.82, 2.24) is 4.57 Å². The number of rotatable bonds is 3. The van der Waals surface area contributed by atoms with Gasteiger partial charge in [0.15, 0.2) is 0 Å². The lowest BCUT2D eigenvalue weighted by Gasteiger charge is -2.31. The fraction of sp³-hybridized carbons (Fsp3) is 0.250. The first-order chi connectivity index (χ1) is 14.0. The maximum absolute atomic E-state index is 9.24. The van der Waals surface area contributed by atoms with Crippen LogP contribution in [0.15, 0.2) is 72.8 Å². The van der Waals surface area contributed by atoms with Gasteiger partial charge in [0.1, 0.15) is 0 Å². The lowest BCUT2D eigenvalue weighted by molar-refractivity contribution is -0.107. The SMILES string of the molecule is CC(C)(O)C(C)(C)O.OB(O)c1ccc(-n2c3ccccc3c3ccccc32)cc1. The quantitative estimate of drug-likeness (QED) is 0.395. The summed E-state index contributed by atoms with van der Waals surface area (Å²) >= 11 is 0. The van der Waals surface area contributed by atoms with Gasteiger partial charge in [-0.25, -0.2) is 0 Å². The number of hydrogen-bond acceptors (Lipinski definition) is 4. The third-order valence-corrected chi connectivity index (χ3v) is 5.53. The van der Waals surface area contributed by atoms with Crippen molar-refractivity contribution in [3.05, 3.63) is 72.8 Å². The van der Waals surface area contributed by atoms with Crippen LogP contribution in [0, 0.1) is 0 Å². The van der Waals surface area contributed by atoms with Crippen LogP contribution in [0.4, 0.5) is 0 Å². The molecule has 0 bridgehead atoms. The van der Waals surface area contributed by atoms with E-state index in [-0.39, 0.29) is 0 Å². The second kappa shape index (κ2) is 8.24. The van der Waals surface area contributed by atoms with Crippen molar-refractivity contribution in [2.24, 2.45) is 0 Å². The summed E-state index contributed by atoms with van der Waals surface area (Å²) in [6, 6.07) is 23.9. The zero-order chi connectivity index (χ0) is 22.1. The van der Waals surface area contributed by atoms with Gasteiger partial charge in [0, 0.05) is 16.5 Å². The molecule has 0 saturated heterocycles. The van der Waals surface area contributed by atoms with Crippen molar-refractivity contribution >= 4 is 34.4 Å². The number of benzene rings is 3. The highest BCUT2D eigenvalue weighted by molar-refractivity contribution is 6.58. The van der Waals surface area contributed by atoms with E-state index >= 15 is 0 Å². The molecular formula is C24H28BNO4. The Balaban J connectivity index is 0.000000275. The Morgan fingerprint density at radius 1 is 0.633 bits per heavy atom. The molecule has 3 aromatic carbocycles. The standard InChI is InChI=1S/C18H14BNO2.C6H14O2/c21-19(22)13-9-11-14(12-10-13)20-17-7-3-1-5-15(17)16-6-2-4-8-18(16)20;1-5(2,7)6(3,4)8/h1-12,21-22H;7-8H,1-4H3. The average Bonchev–Trinajstić information content (AvgIpc) is 3.01. The van der Waals surface area contributed by atoms with Crippen molar-refractivity contribution < 1.29 is 20.3 Å². The summed E-state index contributed by atoms with van der Waals surface area (Å²) in [6.45, 7) is 6.31. The number of aromatic nitrogens is 1. The van der Waals surface area contributed by atoms with E-state index in [2.05, 4.69) is 28.8 Å². The van der Waals surface area contributed by atoms with Crippen LogP contribution in [0.5, 0.6) is 0 Å². The Kier molecular flexibility index (Phi) is 6.06. The van der Waals surface area contributed by atoms with Crippen molar-refractivity contribution in [1.29, 1.82) is 0 Å². The van der Waals surface area contributed by atoms with Gasteiger partial charge < -0.3 is 24.8 Å². The number of fused-ring (bicyclic) bond motifs is 3. The molecule has 4 rings (SSSR count). The summed E-state index contributed by atoms with van der Waals surface area (Å²) in [5.74, 6) is 0. The summed E-state index contributed by atoms with van der Waals surface area (Å²) in [5.41, 5.74) is 1.76. The van der Waals surface area contributed by atoms with E-state index in [0.29, 0.717) is 5.46 Å². The fourth-order valence-electron chi connectivity index (χ4n) is 3.00. The molecule has 6 heteroatoms. The van der Waals surface area contributed by atoms with Gasteiger partial charge in [-0.1, -0.05) is 48.5 Å². The van der Waals surface area contributed by atoms with E-state index in [4.69, 9.17) is 10.2 Å². The molecule has 0 aliphatic carbocycles. The van der Waals surface area contributed by atoms with Crippen molar-refractivity contribution in [3.8, 4) is 5.69 Å². The molecule has 0 aliphatic rings. The van der Waals surface area contributed by atoms with E-state index in [0.717, 1.165) is 16.7 Å². The zero-order valence-electron chi connectivity index (χ0n) is 17.7. The first-order valence-corrected chi connectivity index (χ1v) is 9.90. The van der Waals surface area contributed by atoms with Crippen LogP contribution in [0.25, 0.3) is 27.5 Å². The van der Waals surface area contributed by atoms with Crippen molar-refractivity contribution in [3.63, 3.8) is 0 Å². The van der Waals surface area contributed by atoms with Crippen LogP contribution in [0.2, 0.25) is 0 Å². The highest BCUT2D eigenvalue weighted by atomic mass is 16.4. The number of hydrogen-bond donors (Lipinski definition) is 4. The molecule has 4 aromatic rings. The minimum absolute atomic E-state index is 0.490. The predicted molar refractivity (Wildman–Crippen MR) is 123 cm³/mol. The molecule has 30 heavy (non-hydrogen) atoms. The Labute approximate surface area is 177 Å². The average molecular weight is 405 g/mol. The molecule has 0 amide bonds. The molecule has 156 valence electrons. The topological polar surface area (TPSA) is 85.8 Å². The molecule has 0 atom stereocenters. The number of nitrogens with zero attached hydrogens (tertiary/aromatic N) is 1. The predicted octanol–water partition coefficient (Wildman–Crippen LogP) is 2.99. The van der Waals surface area contributed by atoms with Gasteiger partial charge in [0.05, 0.1) is 22.2 Å². The molecule has 0 spiro atoms. The third kappa shape index (κ3) is 4.42. The fourth-order valence-corrected chi connectivity index (χ4v) is 3.00.